The smallest absolute Gasteiger partial charge is 0.429 e. The number of hydrogen-bond acceptors (Lipinski definition) is 10. The summed E-state index contributed by atoms with van der Waals surface area (Å²) >= 11 is 0. The molecule has 5 fully saturated rings. The van der Waals surface area contributed by atoms with E-state index in [1.807, 2.05) is 32.9 Å². The fourth-order valence-corrected chi connectivity index (χ4v) is 10.2. The van der Waals surface area contributed by atoms with Gasteiger partial charge in [-0.2, -0.15) is 13.2 Å². The lowest BCUT2D eigenvalue weighted by molar-refractivity contribution is -0.137. The van der Waals surface area contributed by atoms with Crippen LogP contribution < -0.4 is 0 Å². The first-order valence-corrected chi connectivity index (χ1v) is 18.4. The van der Waals surface area contributed by atoms with E-state index in [0.29, 0.717) is 36.0 Å². The molecule has 54 heavy (non-hydrogen) atoms. The molecule has 7 aliphatic rings. The number of cyclic esters (lactones) is 1. The number of allylic oxidation sites excluding steroid dienone is 1. The van der Waals surface area contributed by atoms with Crippen LogP contribution in [0.25, 0.3) is 5.76 Å². The van der Waals surface area contributed by atoms with Gasteiger partial charge in [-0.1, -0.05) is 50.6 Å². The van der Waals surface area contributed by atoms with E-state index in [-0.39, 0.29) is 41.1 Å². The molecule has 2 aromatic carbocycles. The van der Waals surface area contributed by atoms with E-state index in [9.17, 15) is 27.6 Å². The van der Waals surface area contributed by atoms with E-state index in [4.69, 9.17) is 33.2 Å². The van der Waals surface area contributed by atoms with Crippen LogP contribution in [0.3, 0.4) is 0 Å². The summed E-state index contributed by atoms with van der Waals surface area (Å²) in [7, 11) is 0. The number of carbonyl (C=O) groups is 3. The maximum absolute atomic E-state index is 13.7. The summed E-state index contributed by atoms with van der Waals surface area (Å²) in [5, 5.41) is 0. The highest BCUT2D eigenvalue weighted by atomic mass is 19.4. The molecule has 3 saturated heterocycles. The Bertz CT molecular complexity index is 2060. The molecule has 4 heterocycles. The molecule has 10 nitrogen and oxygen atoms in total. The van der Waals surface area contributed by atoms with Gasteiger partial charge in [-0.25, -0.2) is 14.4 Å². The van der Waals surface area contributed by atoms with E-state index >= 15 is 0 Å². The Hall–Kier alpha value is -4.20. The van der Waals surface area contributed by atoms with E-state index < -0.39 is 69.9 Å². The van der Waals surface area contributed by atoms with Gasteiger partial charge in [0, 0.05) is 22.1 Å². The van der Waals surface area contributed by atoms with Crippen molar-refractivity contribution in [1.29, 1.82) is 0 Å². The SMILES string of the molecule is Cc1ccc(/C(OC(=O)c2ccc(C(F)(F)F)cc2)=C2\OC(=O)C3=C2[C@@H]2C[C@@H]4O[C@@]45[C@H](OC(=O)OC(C)(C)C)[C@@]4(C(C)C)O[C@H]4[C@@H]4O[C@@]45[C@@]2(C)CC3)cc1. The number of halogens is 3. The summed E-state index contributed by atoms with van der Waals surface area (Å²) in [5.41, 5.74) is -2.91. The summed E-state index contributed by atoms with van der Waals surface area (Å²) in [6.45, 7) is 13.3. The standard InChI is InChI=1S/C41H41F3O10/c1-19(2)38-30(52-38)31-40(53-31)37(7)17-16-24-27(25(37)18-26-39(40,51-26)34(38)50-35(47)54-36(4,5)6)29(49-33(24)46)28(21-10-8-20(3)9-11-21)48-32(45)22-12-14-23(15-13-22)41(42,43)44/h8-15,19,25-26,30-31,34H,16-18H2,1-7H3/b29-28+/t25-,26-,30-,31-,34+,37-,38-,39+,40+/m0/s1. The molecule has 0 bridgehead atoms. The molecule has 286 valence electrons. The van der Waals surface area contributed by atoms with Crippen LogP contribution in [0.15, 0.2) is 65.4 Å². The molecular formula is C41H41F3O10. The number of aryl methyl sites for hydroxylation is 1. The van der Waals surface area contributed by atoms with E-state index in [2.05, 4.69) is 6.92 Å². The molecule has 2 spiro atoms. The van der Waals surface area contributed by atoms with Gasteiger partial charge in [-0.15, -0.1) is 0 Å². The number of benzene rings is 2. The summed E-state index contributed by atoms with van der Waals surface area (Å²) in [5.74, 6) is -1.86. The average Bonchev–Trinajstić information content (AvgIpc) is 4.01. The predicted molar refractivity (Wildman–Crippen MR) is 182 cm³/mol. The van der Waals surface area contributed by atoms with Gasteiger partial charge < -0.3 is 33.2 Å². The molecule has 13 heteroatoms. The highest BCUT2D eigenvalue weighted by Crippen LogP contribution is 2.83. The number of alkyl halides is 3. The summed E-state index contributed by atoms with van der Waals surface area (Å²) in [6.07, 6.45) is -6.14. The van der Waals surface area contributed by atoms with Crippen molar-refractivity contribution in [2.24, 2.45) is 17.3 Å². The third-order valence-electron chi connectivity index (χ3n) is 12.8. The van der Waals surface area contributed by atoms with Crippen molar-refractivity contribution in [2.45, 2.75) is 121 Å². The maximum Gasteiger partial charge on any atom is 0.509 e. The lowest BCUT2D eigenvalue weighted by atomic mass is 9.46. The minimum atomic E-state index is -4.58. The summed E-state index contributed by atoms with van der Waals surface area (Å²) in [4.78, 5) is 40.7. The molecule has 2 saturated carbocycles. The summed E-state index contributed by atoms with van der Waals surface area (Å²) in [6, 6.07) is 10.8. The van der Waals surface area contributed by atoms with E-state index in [0.717, 1.165) is 29.8 Å². The zero-order chi connectivity index (χ0) is 38.5. The molecule has 0 aromatic heterocycles. The minimum absolute atomic E-state index is 0.0269. The number of fused-ring (bicyclic) bond motifs is 4. The van der Waals surface area contributed by atoms with Gasteiger partial charge in [0.2, 0.25) is 0 Å². The third kappa shape index (κ3) is 4.67. The number of hydrogen-bond donors (Lipinski definition) is 0. The Morgan fingerprint density at radius 2 is 1.59 bits per heavy atom. The normalized spacial score (nSPS) is 37.8. The topological polar surface area (TPSA) is 126 Å². The van der Waals surface area contributed by atoms with Crippen molar-refractivity contribution in [3.63, 3.8) is 0 Å². The Kier molecular flexibility index (Phi) is 7.21. The molecule has 9 atom stereocenters. The minimum Gasteiger partial charge on any atom is -0.429 e. The molecular weight excluding hydrogens is 709 g/mol. The number of carbonyl (C=O) groups excluding carboxylic acids is 3. The fraction of sp³-hybridized carbons (Fsp3) is 0.537. The van der Waals surface area contributed by atoms with Crippen molar-refractivity contribution >= 4 is 23.9 Å². The Morgan fingerprint density at radius 3 is 2.22 bits per heavy atom. The molecule has 9 rings (SSSR count). The number of epoxide rings is 3. The Labute approximate surface area is 309 Å². The summed E-state index contributed by atoms with van der Waals surface area (Å²) < 4.78 is 83.9. The number of rotatable bonds is 5. The van der Waals surface area contributed by atoms with Crippen molar-refractivity contribution in [3.8, 4) is 0 Å². The number of esters is 2. The van der Waals surface area contributed by atoms with Crippen LogP contribution in [0.4, 0.5) is 18.0 Å². The molecule has 4 aliphatic heterocycles. The van der Waals surface area contributed by atoms with Crippen LogP contribution >= 0.6 is 0 Å². The Balaban J connectivity index is 1.12. The van der Waals surface area contributed by atoms with Gasteiger partial charge in [-0.05, 0) is 83.1 Å². The second-order valence-corrected chi connectivity index (χ2v) is 17.2. The molecule has 3 aliphatic carbocycles. The van der Waals surface area contributed by atoms with Crippen molar-refractivity contribution in [3.05, 3.63) is 87.7 Å². The Morgan fingerprint density at radius 1 is 0.926 bits per heavy atom. The first kappa shape index (κ1) is 35.5. The second-order valence-electron chi connectivity index (χ2n) is 17.2. The van der Waals surface area contributed by atoms with Gasteiger partial charge in [0.25, 0.3) is 0 Å². The van der Waals surface area contributed by atoms with Gasteiger partial charge in [0.1, 0.15) is 29.0 Å². The lowest BCUT2D eigenvalue weighted by Crippen LogP contribution is -2.70. The van der Waals surface area contributed by atoms with E-state index in [1.54, 1.807) is 32.9 Å². The molecule has 0 amide bonds. The van der Waals surface area contributed by atoms with Crippen molar-refractivity contribution < 1.29 is 60.7 Å². The van der Waals surface area contributed by atoms with E-state index in [1.165, 1.54) is 0 Å². The fourth-order valence-electron chi connectivity index (χ4n) is 10.2. The van der Waals surface area contributed by atoms with Crippen LogP contribution in [-0.2, 0) is 44.1 Å². The van der Waals surface area contributed by atoms with Crippen LogP contribution in [0.1, 0.15) is 87.9 Å². The average molecular weight is 751 g/mol. The molecule has 0 unspecified atom stereocenters. The zero-order valence-corrected chi connectivity index (χ0v) is 30.9. The van der Waals surface area contributed by atoms with Gasteiger partial charge in [-0.3, -0.25) is 0 Å². The highest BCUT2D eigenvalue weighted by Gasteiger charge is 3.01. The lowest BCUT2D eigenvalue weighted by Gasteiger charge is -2.53. The zero-order valence-electron chi connectivity index (χ0n) is 30.9. The largest absolute Gasteiger partial charge is 0.509 e. The quantitative estimate of drug-likeness (QED) is 0.130. The molecule has 0 radical (unpaired) electrons. The van der Waals surface area contributed by atoms with Gasteiger partial charge >= 0.3 is 24.3 Å². The monoisotopic (exact) mass is 750 g/mol. The van der Waals surface area contributed by atoms with Crippen molar-refractivity contribution in [1.82, 2.24) is 0 Å². The first-order chi connectivity index (χ1) is 25.3. The molecule has 2 aromatic rings. The number of ether oxygens (including phenoxy) is 7. The molecule has 0 N–H and O–H groups in total. The van der Waals surface area contributed by atoms with Gasteiger partial charge in [0.05, 0.1) is 17.2 Å². The third-order valence-corrected chi connectivity index (χ3v) is 12.8. The van der Waals surface area contributed by atoms with Crippen LogP contribution in [0.2, 0.25) is 0 Å². The second kappa shape index (κ2) is 11.0. The van der Waals surface area contributed by atoms with Crippen LogP contribution in [0.5, 0.6) is 0 Å². The maximum atomic E-state index is 13.7. The van der Waals surface area contributed by atoms with Gasteiger partial charge in [0.15, 0.2) is 23.2 Å². The van der Waals surface area contributed by atoms with Crippen LogP contribution in [-0.4, -0.2) is 64.9 Å². The highest BCUT2D eigenvalue weighted by molar-refractivity contribution is 5.99. The first-order valence-electron chi connectivity index (χ1n) is 18.4. The van der Waals surface area contributed by atoms with Crippen LogP contribution in [0, 0.1) is 24.2 Å². The predicted octanol–water partition coefficient (Wildman–Crippen LogP) is 7.62. The van der Waals surface area contributed by atoms with Crippen molar-refractivity contribution in [2.75, 3.05) is 0 Å².